The zero-order valence-corrected chi connectivity index (χ0v) is 25.6. The SMILES string of the molecule is CCCCC/C=C\C/C=C\CCCCCCCC(=O)O[C@H](CCl)COC(=O)CCCCCCCCCCC. The standard InChI is InChI=1S/C33H59ClO4/c1-3-5-7-9-11-13-14-15-16-17-18-20-22-24-26-28-33(36)38-31(29-34)30-37-32(35)27-25-23-21-19-12-10-8-6-4-2/h11,13,15-16,31H,3-10,12,14,17-30H2,1-2H3/b13-11-,16-15-/t31-/m1/s1. The van der Waals surface area contributed by atoms with E-state index in [0.717, 1.165) is 44.9 Å². The summed E-state index contributed by atoms with van der Waals surface area (Å²) in [7, 11) is 0. The van der Waals surface area contributed by atoms with Gasteiger partial charge in [0.25, 0.3) is 0 Å². The number of ether oxygens (including phenoxy) is 2. The highest BCUT2D eigenvalue weighted by Gasteiger charge is 2.16. The van der Waals surface area contributed by atoms with Crippen LogP contribution in [0.3, 0.4) is 0 Å². The van der Waals surface area contributed by atoms with Crippen LogP contribution >= 0.6 is 11.6 Å². The number of hydrogen-bond donors (Lipinski definition) is 0. The summed E-state index contributed by atoms with van der Waals surface area (Å²) < 4.78 is 10.7. The number of alkyl halides is 1. The lowest BCUT2D eigenvalue weighted by Gasteiger charge is -2.15. The molecule has 0 aliphatic rings. The van der Waals surface area contributed by atoms with Crippen molar-refractivity contribution >= 4 is 23.5 Å². The second-order valence-corrected chi connectivity index (χ2v) is 10.8. The van der Waals surface area contributed by atoms with Crippen LogP contribution in [0.4, 0.5) is 0 Å². The van der Waals surface area contributed by atoms with Gasteiger partial charge in [-0.1, -0.05) is 122 Å². The smallest absolute Gasteiger partial charge is 0.306 e. The highest BCUT2D eigenvalue weighted by Crippen LogP contribution is 2.12. The van der Waals surface area contributed by atoms with Gasteiger partial charge in [-0.05, 0) is 44.9 Å². The maximum absolute atomic E-state index is 12.1. The van der Waals surface area contributed by atoms with Crippen LogP contribution in [0.15, 0.2) is 24.3 Å². The van der Waals surface area contributed by atoms with E-state index in [1.807, 2.05) is 0 Å². The summed E-state index contributed by atoms with van der Waals surface area (Å²) in [6, 6.07) is 0. The molecular formula is C33H59ClO4. The van der Waals surface area contributed by atoms with Crippen molar-refractivity contribution in [3.63, 3.8) is 0 Å². The lowest BCUT2D eigenvalue weighted by Crippen LogP contribution is -2.26. The van der Waals surface area contributed by atoms with E-state index in [-0.39, 0.29) is 24.4 Å². The zero-order chi connectivity index (χ0) is 27.9. The summed E-state index contributed by atoms with van der Waals surface area (Å²) in [6.07, 6.45) is 32.9. The first-order valence-electron chi connectivity index (χ1n) is 15.8. The van der Waals surface area contributed by atoms with Crippen LogP contribution in [0.25, 0.3) is 0 Å². The van der Waals surface area contributed by atoms with Crippen molar-refractivity contribution in [2.24, 2.45) is 0 Å². The van der Waals surface area contributed by atoms with E-state index >= 15 is 0 Å². The molecule has 0 aliphatic heterocycles. The lowest BCUT2D eigenvalue weighted by atomic mass is 10.1. The fourth-order valence-corrected chi connectivity index (χ4v) is 4.43. The molecule has 0 heterocycles. The average Bonchev–Trinajstić information content (AvgIpc) is 2.92. The third-order valence-electron chi connectivity index (χ3n) is 6.72. The van der Waals surface area contributed by atoms with Crippen molar-refractivity contribution in [3.8, 4) is 0 Å². The molecular weight excluding hydrogens is 496 g/mol. The predicted octanol–water partition coefficient (Wildman–Crippen LogP) is 10.4. The van der Waals surface area contributed by atoms with Crippen molar-refractivity contribution in [2.45, 2.75) is 161 Å². The maximum atomic E-state index is 12.1. The van der Waals surface area contributed by atoms with Crippen molar-refractivity contribution in [3.05, 3.63) is 24.3 Å². The minimum Gasteiger partial charge on any atom is -0.462 e. The minimum atomic E-state index is -0.561. The van der Waals surface area contributed by atoms with Gasteiger partial charge in [-0.3, -0.25) is 9.59 Å². The molecule has 4 nitrogen and oxygen atoms in total. The van der Waals surface area contributed by atoms with E-state index in [1.54, 1.807) is 0 Å². The number of unbranched alkanes of at least 4 members (excludes halogenated alkanes) is 16. The second-order valence-electron chi connectivity index (χ2n) is 10.5. The molecule has 0 unspecified atom stereocenters. The third-order valence-corrected chi connectivity index (χ3v) is 7.06. The number of hydrogen-bond acceptors (Lipinski definition) is 4. The lowest BCUT2D eigenvalue weighted by molar-refractivity contribution is -0.157. The summed E-state index contributed by atoms with van der Waals surface area (Å²) in [5.74, 6) is -0.344. The Kier molecular flexibility index (Phi) is 29.2. The molecule has 0 amide bonds. The monoisotopic (exact) mass is 554 g/mol. The van der Waals surface area contributed by atoms with Gasteiger partial charge in [0.1, 0.15) is 12.7 Å². The highest BCUT2D eigenvalue weighted by molar-refractivity contribution is 6.18. The van der Waals surface area contributed by atoms with Gasteiger partial charge in [0.05, 0.1) is 5.88 Å². The molecule has 0 aromatic carbocycles. The normalized spacial score (nSPS) is 12.4. The second kappa shape index (κ2) is 30.3. The van der Waals surface area contributed by atoms with Crippen LogP contribution in [-0.4, -0.2) is 30.5 Å². The van der Waals surface area contributed by atoms with Crippen LogP contribution in [0.5, 0.6) is 0 Å². The summed E-state index contributed by atoms with van der Waals surface area (Å²) in [5.41, 5.74) is 0. The zero-order valence-electron chi connectivity index (χ0n) is 24.9. The van der Waals surface area contributed by atoms with Crippen molar-refractivity contribution < 1.29 is 19.1 Å². The average molecular weight is 555 g/mol. The Balaban J connectivity index is 3.62. The molecule has 222 valence electrons. The third kappa shape index (κ3) is 27.7. The minimum absolute atomic E-state index is 0.0493. The van der Waals surface area contributed by atoms with Crippen LogP contribution in [0, 0.1) is 0 Å². The molecule has 0 aromatic heterocycles. The van der Waals surface area contributed by atoms with Crippen molar-refractivity contribution in [1.82, 2.24) is 0 Å². The number of esters is 2. The quantitative estimate of drug-likeness (QED) is 0.0417. The molecule has 0 radical (unpaired) electrons. The molecule has 0 fully saturated rings. The van der Waals surface area contributed by atoms with Gasteiger partial charge in [0.15, 0.2) is 0 Å². The molecule has 0 bridgehead atoms. The maximum Gasteiger partial charge on any atom is 0.306 e. The van der Waals surface area contributed by atoms with Gasteiger partial charge >= 0.3 is 11.9 Å². The Bertz CT molecular complexity index is 588. The van der Waals surface area contributed by atoms with Gasteiger partial charge in [-0.25, -0.2) is 0 Å². The Labute approximate surface area is 240 Å². The molecule has 0 spiro atoms. The van der Waals surface area contributed by atoms with Gasteiger partial charge in [0.2, 0.25) is 0 Å². The van der Waals surface area contributed by atoms with E-state index in [4.69, 9.17) is 21.1 Å². The fourth-order valence-electron chi connectivity index (χ4n) is 4.27. The van der Waals surface area contributed by atoms with Crippen LogP contribution in [0.1, 0.15) is 155 Å². The first kappa shape index (κ1) is 36.7. The van der Waals surface area contributed by atoms with Crippen LogP contribution in [0.2, 0.25) is 0 Å². The highest BCUT2D eigenvalue weighted by atomic mass is 35.5. The summed E-state index contributed by atoms with van der Waals surface area (Å²) in [5, 5.41) is 0. The fraction of sp³-hybridized carbons (Fsp3) is 0.818. The topological polar surface area (TPSA) is 52.6 Å². The Hall–Kier alpha value is -1.29. The molecule has 5 heteroatoms. The van der Waals surface area contributed by atoms with E-state index in [0.29, 0.717) is 12.8 Å². The molecule has 0 aromatic rings. The van der Waals surface area contributed by atoms with E-state index in [9.17, 15) is 9.59 Å². The van der Waals surface area contributed by atoms with Crippen LogP contribution < -0.4 is 0 Å². The largest absolute Gasteiger partial charge is 0.462 e. The first-order valence-corrected chi connectivity index (χ1v) is 16.4. The van der Waals surface area contributed by atoms with Gasteiger partial charge < -0.3 is 9.47 Å². The molecule has 0 saturated carbocycles. The number of allylic oxidation sites excluding steroid dienone is 4. The molecule has 0 rings (SSSR count). The number of rotatable bonds is 28. The summed E-state index contributed by atoms with van der Waals surface area (Å²) in [4.78, 5) is 24.1. The Morgan fingerprint density at radius 2 is 1.05 bits per heavy atom. The number of carbonyl (C=O) groups excluding carboxylic acids is 2. The van der Waals surface area contributed by atoms with Gasteiger partial charge in [-0.15, -0.1) is 11.6 Å². The first-order chi connectivity index (χ1) is 18.6. The van der Waals surface area contributed by atoms with Crippen LogP contribution in [-0.2, 0) is 19.1 Å². The number of carbonyl (C=O) groups is 2. The molecule has 0 N–H and O–H groups in total. The number of halogens is 1. The van der Waals surface area contributed by atoms with E-state index in [2.05, 4.69) is 38.2 Å². The van der Waals surface area contributed by atoms with Gasteiger partial charge in [0, 0.05) is 12.8 Å². The summed E-state index contributed by atoms with van der Waals surface area (Å²) in [6.45, 7) is 4.52. The van der Waals surface area contributed by atoms with E-state index in [1.165, 1.54) is 83.5 Å². The predicted molar refractivity (Wildman–Crippen MR) is 163 cm³/mol. The van der Waals surface area contributed by atoms with E-state index < -0.39 is 6.10 Å². The Morgan fingerprint density at radius 1 is 0.605 bits per heavy atom. The molecule has 0 aliphatic carbocycles. The van der Waals surface area contributed by atoms with Crippen molar-refractivity contribution in [2.75, 3.05) is 12.5 Å². The summed E-state index contributed by atoms with van der Waals surface area (Å²) >= 11 is 5.92. The van der Waals surface area contributed by atoms with Crippen molar-refractivity contribution in [1.29, 1.82) is 0 Å². The van der Waals surface area contributed by atoms with Gasteiger partial charge in [-0.2, -0.15) is 0 Å². The molecule has 0 saturated heterocycles. The Morgan fingerprint density at radius 3 is 1.61 bits per heavy atom. The molecule has 38 heavy (non-hydrogen) atoms. The molecule has 1 atom stereocenters.